The van der Waals surface area contributed by atoms with Gasteiger partial charge in [-0.2, -0.15) is 0 Å². The lowest BCUT2D eigenvalue weighted by Gasteiger charge is -2.43. The van der Waals surface area contributed by atoms with Crippen molar-refractivity contribution in [2.75, 3.05) is 17.2 Å². The lowest BCUT2D eigenvalue weighted by molar-refractivity contribution is -0.137. The van der Waals surface area contributed by atoms with Crippen molar-refractivity contribution in [1.29, 1.82) is 0 Å². The van der Waals surface area contributed by atoms with Gasteiger partial charge in [0.1, 0.15) is 11.0 Å². The van der Waals surface area contributed by atoms with Crippen LogP contribution in [0.2, 0.25) is 5.02 Å². The smallest absolute Gasteiger partial charge is 0.251 e. The van der Waals surface area contributed by atoms with E-state index in [1.54, 1.807) is 6.07 Å². The van der Waals surface area contributed by atoms with E-state index in [0.29, 0.717) is 46.1 Å². The summed E-state index contributed by atoms with van der Waals surface area (Å²) in [5.41, 5.74) is 0.162. The highest BCUT2D eigenvalue weighted by Gasteiger charge is 2.81. The van der Waals surface area contributed by atoms with Gasteiger partial charge in [0.15, 0.2) is 5.78 Å². The molecular weight excluding hydrogens is 510 g/mol. The van der Waals surface area contributed by atoms with Gasteiger partial charge in [0, 0.05) is 22.9 Å². The molecule has 8 rings (SSSR count). The van der Waals surface area contributed by atoms with Crippen LogP contribution in [0.1, 0.15) is 34.3 Å². The van der Waals surface area contributed by atoms with Crippen LogP contribution in [0.3, 0.4) is 0 Å². The molecule has 0 saturated carbocycles. The van der Waals surface area contributed by atoms with Crippen molar-refractivity contribution in [1.82, 2.24) is 4.90 Å². The molecule has 0 unspecified atom stereocenters. The zero-order valence-electron chi connectivity index (χ0n) is 20.9. The molecule has 0 aliphatic carbocycles. The van der Waals surface area contributed by atoms with Gasteiger partial charge in [-0.1, -0.05) is 78.3 Å². The molecule has 0 radical (unpaired) electrons. The van der Waals surface area contributed by atoms with Gasteiger partial charge in [0.05, 0.1) is 16.6 Å². The zero-order valence-corrected chi connectivity index (χ0v) is 21.7. The Hall–Kier alpha value is -4.00. The summed E-state index contributed by atoms with van der Waals surface area (Å²) in [5.74, 6) is -1.52. The molecule has 7 heteroatoms. The predicted molar refractivity (Wildman–Crippen MR) is 150 cm³/mol. The molecule has 192 valence electrons. The summed E-state index contributed by atoms with van der Waals surface area (Å²) >= 11 is 6.62. The Labute approximate surface area is 230 Å². The standard InChI is InChI=1S/C32H24ClN3O3/c33-23-11-5-10-22-27(23)35-30(39)32(22)31(21-9-3-4-12-24(21)34-29(31)38)26(25-13-6-16-36(25)32)28(37)20-15-14-18-7-1-2-8-19(18)17-20/h1-5,7-12,14-15,17,25-26H,6,13,16H2,(H,34,38)(H,35,39)/t25-,26-,31+,32+/m0/s1. The number of rotatable bonds is 2. The normalized spacial score (nSPS) is 28.5. The monoisotopic (exact) mass is 533 g/mol. The average molecular weight is 534 g/mol. The van der Waals surface area contributed by atoms with Gasteiger partial charge in [-0.25, -0.2) is 0 Å². The number of nitrogens with one attached hydrogen (secondary N) is 2. The fourth-order valence-corrected chi connectivity index (χ4v) is 8.31. The number of carbonyl (C=O) groups excluding carboxylic acids is 3. The Balaban J connectivity index is 1.46. The summed E-state index contributed by atoms with van der Waals surface area (Å²) in [5, 5.41) is 8.52. The molecule has 2 fully saturated rings. The largest absolute Gasteiger partial charge is 0.325 e. The van der Waals surface area contributed by atoms with Gasteiger partial charge in [-0.3, -0.25) is 19.3 Å². The van der Waals surface area contributed by atoms with Gasteiger partial charge in [0.25, 0.3) is 5.91 Å². The van der Waals surface area contributed by atoms with Gasteiger partial charge in [0.2, 0.25) is 5.91 Å². The Kier molecular flexibility index (Phi) is 4.57. The maximum atomic E-state index is 14.8. The molecule has 4 aromatic carbocycles. The second-order valence-electron chi connectivity index (χ2n) is 10.9. The predicted octanol–water partition coefficient (Wildman–Crippen LogP) is 5.51. The van der Waals surface area contributed by atoms with Gasteiger partial charge in [-0.15, -0.1) is 0 Å². The second kappa shape index (κ2) is 7.78. The molecule has 0 bridgehead atoms. The molecule has 4 aromatic rings. The van der Waals surface area contributed by atoms with E-state index < -0.39 is 16.9 Å². The number of halogens is 1. The molecule has 4 aliphatic heterocycles. The second-order valence-corrected chi connectivity index (χ2v) is 11.3. The summed E-state index contributed by atoms with van der Waals surface area (Å²) in [6.07, 6.45) is 1.54. The van der Waals surface area contributed by atoms with Crippen molar-refractivity contribution in [3.8, 4) is 0 Å². The minimum Gasteiger partial charge on any atom is -0.325 e. The van der Waals surface area contributed by atoms with Crippen LogP contribution >= 0.6 is 11.6 Å². The van der Waals surface area contributed by atoms with Crippen molar-refractivity contribution >= 4 is 51.3 Å². The molecular formula is C32H24ClN3O3. The quantitative estimate of drug-likeness (QED) is 0.333. The molecule has 2 amide bonds. The lowest BCUT2D eigenvalue weighted by atomic mass is 9.57. The molecule has 4 aliphatic rings. The number of hydrogen-bond acceptors (Lipinski definition) is 4. The summed E-state index contributed by atoms with van der Waals surface area (Å²) in [4.78, 5) is 45.9. The first-order valence-electron chi connectivity index (χ1n) is 13.3. The van der Waals surface area contributed by atoms with Crippen LogP contribution in [0.15, 0.2) is 84.9 Å². The Bertz CT molecular complexity index is 1770. The fourth-order valence-electron chi connectivity index (χ4n) is 8.09. The highest BCUT2D eigenvalue weighted by atomic mass is 35.5. The van der Waals surface area contributed by atoms with Crippen LogP contribution in [-0.4, -0.2) is 35.1 Å². The first-order chi connectivity index (χ1) is 19.0. The maximum Gasteiger partial charge on any atom is 0.251 e. The Morgan fingerprint density at radius 1 is 0.846 bits per heavy atom. The third-order valence-corrected chi connectivity index (χ3v) is 9.71. The van der Waals surface area contributed by atoms with E-state index in [4.69, 9.17) is 11.6 Å². The molecule has 2 saturated heterocycles. The number of hydrogen-bond donors (Lipinski definition) is 2. The summed E-state index contributed by atoms with van der Waals surface area (Å²) in [7, 11) is 0. The number of ketones is 1. The molecule has 39 heavy (non-hydrogen) atoms. The van der Waals surface area contributed by atoms with Crippen LogP contribution in [0.25, 0.3) is 10.8 Å². The van der Waals surface area contributed by atoms with Crippen molar-refractivity contribution in [2.45, 2.75) is 29.8 Å². The van der Waals surface area contributed by atoms with E-state index in [0.717, 1.165) is 17.2 Å². The number of anilines is 2. The van der Waals surface area contributed by atoms with E-state index in [1.807, 2.05) is 78.9 Å². The topological polar surface area (TPSA) is 78.5 Å². The molecule has 2 N–H and O–H groups in total. The number of benzene rings is 4. The number of Topliss-reactive ketones (excluding diaryl/α,β-unsaturated/α-hetero) is 1. The van der Waals surface area contributed by atoms with E-state index >= 15 is 0 Å². The summed E-state index contributed by atoms with van der Waals surface area (Å²) in [6.45, 7) is 0.600. The first-order valence-corrected chi connectivity index (χ1v) is 13.7. The van der Waals surface area contributed by atoms with Gasteiger partial charge < -0.3 is 10.6 Å². The molecule has 4 heterocycles. The third-order valence-electron chi connectivity index (χ3n) is 9.40. The van der Waals surface area contributed by atoms with Crippen LogP contribution in [0, 0.1) is 5.92 Å². The van der Waals surface area contributed by atoms with Crippen LogP contribution in [0.4, 0.5) is 11.4 Å². The first kappa shape index (κ1) is 22.9. The maximum absolute atomic E-state index is 14.8. The van der Waals surface area contributed by atoms with Crippen LogP contribution in [0.5, 0.6) is 0 Å². The molecule has 0 aromatic heterocycles. The van der Waals surface area contributed by atoms with Crippen molar-refractivity contribution in [2.24, 2.45) is 5.92 Å². The Morgan fingerprint density at radius 2 is 1.62 bits per heavy atom. The number of fused-ring (bicyclic) bond motifs is 8. The van der Waals surface area contributed by atoms with E-state index in [9.17, 15) is 14.4 Å². The van der Waals surface area contributed by atoms with Crippen LogP contribution < -0.4 is 10.6 Å². The highest BCUT2D eigenvalue weighted by molar-refractivity contribution is 6.35. The number of amides is 2. The van der Waals surface area contributed by atoms with Crippen molar-refractivity contribution < 1.29 is 14.4 Å². The molecule has 4 atom stereocenters. The summed E-state index contributed by atoms with van der Waals surface area (Å²) in [6, 6.07) is 26.3. The molecule has 6 nitrogen and oxygen atoms in total. The molecule has 2 spiro atoms. The minimum atomic E-state index is -1.47. The number of nitrogens with zero attached hydrogens (tertiary/aromatic N) is 1. The third kappa shape index (κ3) is 2.59. The zero-order chi connectivity index (χ0) is 26.5. The number of carbonyl (C=O) groups is 3. The minimum absolute atomic E-state index is 0.121. The van der Waals surface area contributed by atoms with Crippen molar-refractivity contribution in [3.05, 3.63) is 107 Å². The van der Waals surface area contributed by atoms with E-state index in [1.165, 1.54) is 0 Å². The van der Waals surface area contributed by atoms with Gasteiger partial charge in [-0.05, 0) is 53.9 Å². The lowest BCUT2D eigenvalue weighted by Crippen LogP contribution is -2.62. The number of para-hydroxylation sites is 2. The Morgan fingerprint density at radius 3 is 2.49 bits per heavy atom. The average Bonchev–Trinajstić information content (AvgIpc) is 3.67. The fraction of sp³-hybridized carbons (Fsp3) is 0.219. The van der Waals surface area contributed by atoms with Crippen LogP contribution in [-0.2, 0) is 20.5 Å². The summed E-state index contributed by atoms with van der Waals surface area (Å²) < 4.78 is 0. The van der Waals surface area contributed by atoms with E-state index in [2.05, 4.69) is 15.5 Å². The van der Waals surface area contributed by atoms with E-state index in [-0.39, 0.29) is 23.6 Å². The van der Waals surface area contributed by atoms with Crippen molar-refractivity contribution in [3.63, 3.8) is 0 Å². The highest BCUT2D eigenvalue weighted by Crippen LogP contribution is 2.68. The van der Waals surface area contributed by atoms with Gasteiger partial charge >= 0.3 is 0 Å². The SMILES string of the molecule is O=C(c1ccc2ccccc2c1)[C@@H]1[C@@H]2CCCN2[C@]2(C(=O)Nc3c(Cl)cccc32)[C@@]12C(=O)Nc1ccccc12.